The highest BCUT2D eigenvalue weighted by Crippen LogP contribution is 2.29. The third kappa shape index (κ3) is 7.50. The molecule has 0 aliphatic carbocycles. The zero-order chi connectivity index (χ0) is 22.8. The lowest BCUT2D eigenvalue weighted by molar-refractivity contribution is -0.142. The fourth-order valence-electron chi connectivity index (χ4n) is 3.69. The Balaban J connectivity index is 1.70. The van der Waals surface area contributed by atoms with Gasteiger partial charge in [-0.1, -0.05) is 58.4 Å². The smallest absolute Gasteiger partial charge is 0.319 e. The second-order valence-corrected chi connectivity index (χ2v) is 8.65. The van der Waals surface area contributed by atoms with E-state index in [1.807, 2.05) is 49.4 Å². The summed E-state index contributed by atoms with van der Waals surface area (Å²) < 4.78 is 12.1. The molecule has 4 nitrogen and oxygen atoms in total. The molecular weight excluding hydrogens is 466 g/mol. The van der Waals surface area contributed by atoms with Crippen molar-refractivity contribution < 1.29 is 14.3 Å². The second-order valence-electron chi connectivity index (χ2n) is 7.73. The summed E-state index contributed by atoms with van der Waals surface area (Å²) in [6.07, 6.45) is 1.93. The van der Waals surface area contributed by atoms with Gasteiger partial charge in [0.25, 0.3) is 0 Å². The number of carbonyl (C=O) groups is 1. The molecule has 0 bridgehead atoms. The Labute approximate surface area is 199 Å². The molecule has 5 heteroatoms. The molecule has 168 valence electrons. The minimum Gasteiger partial charge on any atom is -0.465 e. The van der Waals surface area contributed by atoms with Gasteiger partial charge in [0.15, 0.2) is 0 Å². The lowest BCUT2D eigenvalue weighted by Crippen LogP contribution is -2.37. The van der Waals surface area contributed by atoms with Gasteiger partial charge in [0.2, 0.25) is 0 Å². The number of rotatable bonds is 11. The second kappa shape index (κ2) is 12.4. The number of benzene rings is 3. The highest BCUT2D eigenvalue weighted by molar-refractivity contribution is 9.10. The maximum absolute atomic E-state index is 11.8. The predicted molar refractivity (Wildman–Crippen MR) is 132 cm³/mol. The van der Waals surface area contributed by atoms with Crippen LogP contribution in [0.4, 0.5) is 0 Å². The summed E-state index contributed by atoms with van der Waals surface area (Å²) in [5, 5.41) is 3.35. The van der Waals surface area contributed by atoms with Gasteiger partial charge in [0.05, 0.1) is 13.2 Å². The number of hydrogen-bond donors (Lipinski definition) is 1. The van der Waals surface area contributed by atoms with E-state index in [0.717, 1.165) is 28.8 Å². The molecule has 0 fully saturated rings. The average molecular weight is 496 g/mol. The Morgan fingerprint density at radius 2 is 1.56 bits per heavy atom. The average Bonchev–Trinajstić information content (AvgIpc) is 2.81. The van der Waals surface area contributed by atoms with Crippen molar-refractivity contribution in [2.75, 3.05) is 13.2 Å². The van der Waals surface area contributed by atoms with Crippen LogP contribution in [0.25, 0.3) is 0 Å². The van der Waals surface area contributed by atoms with Crippen molar-refractivity contribution in [2.24, 2.45) is 0 Å². The van der Waals surface area contributed by atoms with Crippen LogP contribution in [0.3, 0.4) is 0 Å². The number of esters is 1. The van der Waals surface area contributed by atoms with E-state index in [1.54, 1.807) is 0 Å². The van der Waals surface area contributed by atoms with E-state index in [9.17, 15) is 4.79 Å². The molecule has 2 atom stereocenters. The van der Waals surface area contributed by atoms with E-state index < -0.39 is 0 Å². The first-order chi connectivity index (χ1) is 15.5. The minimum absolute atomic E-state index is 0.112. The molecule has 0 aliphatic rings. The van der Waals surface area contributed by atoms with Crippen LogP contribution in [-0.2, 0) is 16.0 Å². The molecule has 0 heterocycles. The van der Waals surface area contributed by atoms with Crippen molar-refractivity contribution in [2.45, 2.75) is 38.6 Å². The Kier molecular flexibility index (Phi) is 9.32. The van der Waals surface area contributed by atoms with Gasteiger partial charge in [-0.2, -0.15) is 0 Å². The molecule has 0 radical (unpaired) electrons. The van der Waals surface area contributed by atoms with Crippen LogP contribution < -0.4 is 10.1 Å². The van der Waals surface area contributed by atoms with Crippen LogP contribution in [0.2, 0.25) is 0 Å². The van der Waals surface area contributed by atoms with Gasteiger partial charge in [-0.05, 0) is 80.1 Å². The lowest BCUT2D eigenvalue weighted by atomic mass is 9.87. The van der Waals surface area contributed by atoms with Crippen molar-refractivity contribution in [1.29, 1.82) is 0 Å². The zero-order valence-electron chi connectivity index (χ0n) is 18.6. The van der Waals surface area contributed by atoms with Crippen LogP contribution in [0, 0.1) is 0 Å². The number of aryl methyl sites for hydroxylation is 1. The highest BCUT2D eigenvalue weighted by Gasteiger charge is 2.20. The summed E-state index contributed by atoms with van der Waals surface area (Å²) in [5.74, 6) is 1.61. The van der Waals surface area contributed by atoms with E-state index in [2.05, 4.69) is 64.6 Å². The number of ether oxygens (including phenoxy) is 2. The summed E-state index contributed by atoms with van der Waals surface area (Å²) in [6, 6.07) is 26.6. The molecule has 0 saturated heterocycles. The van der Waals surface area contributed by atoms with Gasteiger partial charge >= 0.3 is 5.97 Å². The molecule has 1 N–H and O–H groups in total. The normalized spacial score (nSPS) is 12.7. The van der Waals surface area contributed by atoms with Gasteiger partial charge in [-0.3, -0.25) is 4.79 Å². The SMILES string of the molecule is CCOC(=O)CN[C@H](C)[C@H](CCc1ccccc1)c1ccc(Oc2ccc(Br)cc2)cc1. The van der Waals surface area contributed by atoms with Crippen molar-refractivity contribution in [3.8, 4) is 11.5 Å². The summed E-state index contributed by atoms with van der Waals surface area (Å²) in [4.78, 5) is 11.8. The quantitative estimate of drug-likeness (QED) is 0.308. The largest absolute Gasteiger partial charge is 0.465 e. The number of halogens is 1. The topological polar surface area (TPSA) is 47.6 Å². The first-order valence-corrected chi connectivity index (χ1v) is 11.8. The third-order valence-electron chi connectivity index (χ3n) is 5.42. The summed E-state index contributed by atoms with van der Waals surface area (Å²) >= 11 is 3.44. The first-order valence-electron chi connectivity index (χ1n) is 11.0. The van der Waals surface area contributed by atoms with Crippen LogP contribution >= 0.6 is 15.9 Å². The molecule has 0 unspecified atom stereocenters. The monoisotopic (exact) mass is 495 g/mol. The number of hydrogen-bond acceptors (Lipinski definition) is 4. The molecule has 3 rings (SSSR count). The van der Waals surface area contributed by atoms with Gasteiger partial charge in [0.1, 0.15) is 11.5 Å². The Bertz CT molecular complexity index is 958. The number of carbonyl (C=O) groups excluding carboxylic acids is 1. The molecule has 3 aromatic carbocycles. The van der Waals surface area contributed by atoms with E-state index in [1.165, 1.54) is 11.1 Å². The first kappa shape index (κ1) is 24.0. The third-order valence-corrected chi connectivity index (χ3v) is 5.95. The molecule has 0 aliphatic heterocycles. The zero-order valence-corrected chi connectivity index (χ0v) is 20.2. The lowest BCUT2D eigenvalue weighted by Gasteiger charge is -2.26. The van der Waals surface area contributed by atoms with Crippen molar-refractivity contribution in [3.05, 3.63) is 94.5 Å². The molecular formula is C27H30BrNO3. The van der Waals surface area contributed by atoms with Crippen LogP contribution in [0.5, 0.6) is 11.5 Å². The summed E-state index contributed by atoms with van der Waals surface area (Å²) in [7, 11) is 0. The van der Waals surface area contributed by atoms with Crippen LogP contribution in [0.15, 0.2) is 83.3 Å². The van der Waals surface area contributed by atoms with Crippen molar-refractivity contribution in [3.63, 3.8) is 0 Å². The predicted octanol–water partition coefficient (Wildman–Crippen LogP) is 6.50. The maximum Gasteiger partial charge on any atom is 0.319 e. The maximum atomic E-state index is 11.8. The standard InChI is InChI=1S/C27H30BrNO3/c1-3-31-27(30)19-29-20(2)26(18-9-21-7-5-4-6-8-21)22-10-14-24(15-11-22)32-25-16-12-23(28)13-17-25/h4-8,10-17,20,26,29H,3,9,18-19H2,1-2H3/t20-,26+/m1/s1. The molecule has 0 amide bonds. The summed E-state index contributed by atoms with van der Waals surface area (Å²) in [6.45, 7) is 4.55. The molecule has 3 aromatic rings. The van der Waals surface area contributed by atoms with E-state index in [0.29, 0.717) is 6.61 Å². The molecule has 0 saturated carbocycles. The van der Waals surface area contributed by atoms with Crippen molar-refractivity contribution >= 4 is 21.9 Å². The van der Waals surface area contributed by atoms with E-state index >= 15 is 0 Å². The molecule has 0 aromatic heterocycles. The Morgan fingerprint density at radius 1 is 0.938 bits per heavy atom. The van der Waals surface area contributed by atoms with Crippen molar-refractivity contribution in [1.82, 2.24) is 5.32 Å². The Hall–Kier alpha value is -2.63. The van der Waals surface area contributed by atoms with E-state index in [-0.39, 0.29) is 24.5 Å². The van der Waals surface area contributed by atoms with Gasteiger partial charge in [-0.25, -0.2) is 0 Å². The van der Waals surface area contributed by atoms with Crippen LogP contribution in [-0.4, -0.2) is 25.2 Å². The fraction of sp³-hybridized carbons (Fsp3) is 0.296. The minimum atomic E-state index is -0.223. The number of nitrogens with one attached hydrogen (secondary N) is 1. The van der Waals surface area contributed by atoms with Gasteiger partial charge in [-0.15, -0.1) is 0 Å². The van der Waals surface area contributed by atoms with E-state index in [4.69, 9.17) is 9.47 Å². The van der Waals surface area contributed by atoms with Gasteiger partial charge in [0, 0.05) is 10.5 Å². The fourth-order valence-corrected chi connectivity index (χ4v) is 3.96. The molecule has 32 heavy (non-hydrogen) atoms. The molecule has 0 spiro atoms. The van der Waals surface area contributed by atoms with Crippen LogP contribution in [0.1, 0.15) is 37.3 Å². The highest BCUT2D eigenvalue weighted by atomic mass is 79.9. The van der Waals surface area contributed by atoms with Gasteiger partial charge < -0.3 is 14.8 Å². The summed E-state index contributed by atoms with van der Waals surface area (Å²) in [5.41, 5.74) is 2.53. The Morgan fingerprint density at radius 3 is 2.19 bits per heavy atom.